The van der Waals surface area contributed by atoms with E-state index in [4.69, 9.17) is 11.6 Å². The highest BCUT2D eigenvalue weighted by Gasteiger charge is 2.26. The normalized spacial score (nSPS) is 16.9. The third-order valence-electron chi connectivity index (χ3n) is 6.03. The minimum Gasteiger partial charge on any atom is -0.337 e. The first-order chi connectivity index (χ1) is 16.4. The van der Waals surface area contributed by atoms with Crippen molar-refractivity contribution in [1.82, 2.24) is 14.6 Å². The van der Waals surface area contributed by atoms with Gasteiger partial charge in [-0.3, -0.25) is 9.78 Å². The number of nitrogens with zero attached hydrogens (tertiary/aromatic N) is 2. The molecular formula is C26H30ClN3O3S2. The highest BCUT2D eigenvalue weighted by molar-refractivity contribution is 7.88. The summed E-state index contributed by atoms with van der Waals surface area (Å²) in [6, 6.07) is 11.4. The van der Waals surface area contributed by atoms with E-state index < -0.39 is 10.0 Å². The number of sulfonamides is 1. The fraction of sp³-hybridized carbons (Fsp3) is 0.385. The van der Waals surface area contributed by atoms with E-state index in [-0.39, 0.29) is 17.4 Å². The number of carbonyl (C=O) groups is 1. The predicted octanol–water partition coefficient (Wildman–Crippen LogP) is 5.58. The van der Waals surface area contributed by atoms with E-state index in [0.29, 0.717) is 30.1 Å². The second kappa shape index (κ2) is 10.0. The van der Waals surface area contributed by atoms with Crippen LogP contribution in [0.5, 0.6) is 0 Å². The number of rotatable bonds is 5. The molecule has 2 aromatic heterocycles. The molecule has 4 rings (SSSR count). The number of hydrogen-bond donors (Lipinski definition) is 1. The summed E-state index contributed by atoms with van der Waals surface area (Å²) in [6.07, 6.45) is 4.44. The molecule has 1 unspecified atom stereocenters. The van der Waals surface area contributed by atoms with Crippen LogP contribution in [0.1, 0.15) is 49.7 Å². The molecule has 1 saturated heterocycles. The van der Waals surface area contributed by atoms with Crippen molar-refractivity contribution in [2.75, 3.05) is 19.3 Å². The SMILES string of the molecule is CC(C)(C)c1cc(-c2cc(-c3ccc(C(=O)N4CCCC(NS(C)(=O)=O)C4)cc3Cl)cs2)ccn1. The lowest BCUT2D eigenvalue weighted by molar-refractivity contribution is 0.0703. The fourth-order valence-corrected chi connectivity index (χ4v) is 6.24. The Morgan fingerprint density at radius 1 is 1.17 bits per heavy atom. The van der Waals surface area contributed by atoms with Gasteiger partial charge in [-0.05, 0) is 59.7 Å². The van der Waals surface area contributed by atoms with Crippen LogP contribution >= 0.6 is 22.9 Å². The van der Waals surface area contributed by atoms with Gasteiger partial charge >= 0.3 is 0 Å². The van der Waals surface area contributed by atoms with Crippen molar-refractivity contribution in [2.24, 2.45) is 0 Å². The average molecular weight is 532 g/mol. The average Bonchev–Trinajstić information content (AvgIpc) is 3.27. The number of nitrogens with one attached hydrogen (secondary N) is 1. The van der Waals surface area contributed by atoms with Crippen molar-refractivity contribution < 1.29 is 13.2 Å². The van der Waals surface area contributed by atoms with Crippen LogP contribution in [-0.2, 0) is 15.4 Å². The Bertz CT molecular complexity index is 1350. The molecule has 0 spiro atoms. The Hall–Kier alpha value is -2.26. The van der Waals surface area contributed by atoms with Crippen LogP contribution < -0.4 is 4.72 Å². The molecular weight excluding hydrogens is 502 g/mol. The van der Waals surface area contributed by atoms with Gasteiger partial charge in [0, 0.05) is 57.5 Å². The van der Waals surface area contributed by atoms with Gasteiger partial charge in [-0.2, -0.15) is 0 Å². The zero-order valence-electron chi connectivity index (χ0n) is 20.3. The monoisotopic (exact) mass is 531 g/mol. The number of thiophene rings is 1. The predicted molar refractivity (Wildman–Crippen MR) is 144 cm³/mol. The van der Waals surface area contributed by atoms with Crippen LogP contribution in [0.2, 0.25) is 5.02 Å². The summed E-state index contributed by atoms with van der Waals surface area (Å²) in [5, 5.41) is 2.58. The molecule has 1 aromatic carbocycles. The summed E-state index contributed by atoms with van der Waals surface area (Å²) in [5.41, 5.74) is 4.49. The standard InChI is InChI=1S/C26H30ClN3O3S2/c1-26(2,3)24-14-17(9-10-28-24)23-13-19(16-34-23)21-8-7-18(12-22(21)27)25(31)30-11-5-6-20(15-30)29-35(4,32)33/h7-10,12-14,16,20,29H,5-6,11,15H2,1-4H3. The lowest BCUT2D eigenvalue weighted by Gasteiger charge is -2.32. The molecule has 0 aliphatic carbocycles. The van der Waals surface area contributed by atoms with E-state index in [2.05, 4.69) is 48.0 Å². The van der Waals surface area contributed by atoms with Gasteiger partial charge in [0.25, 0.3) is 5.91 Å². The molecule has 35 heavy (non-hydrogen) atoms. The van der Waals surface area contributed by atoms with Crippen LogP contribution in [0, 0.1) is 0 Å². The first-order valence-corrected chi connectivity index (χ1v) is 14.7. The lowest BCUT2D eigenvalue weighted by atomic mass is 9.90. The molecule has 186 valence electrons. The molecule has 9 heteroatoms. The van der Waals surface area contributed by atoms with Gasteiger partial charge in [-0.25, -0.2) is 13.1 Å². The smallest absolute Gasteiger partial charge is 0.253 e. The van der Waals surface area contributed by atoms with E-state index in [0.717, 1.165) is 39.9 Å². The Labute approximate surface area is 216 Å². The van der Waals surface area contributed by atoms with Crippen molar-refractivity contribution in [3.8, 4) is 21.6 Å². The third kappa shape index (κ3) is 6.30. The topological polar surface area (TPSA) is 79.4 Å². The molecule has 1 N–H and O–H groups in total. The molecule has 1 aliphatic heterocycles. The van der Waals surface area contributed by atoms with E-state index in [1.165, 1.54) is 0 Å². The van der Waals surface area contributed by atoms with E-state index in [1.54, 1.807) is 28.4 Å². The quantitative estimate of drug-likeness (QED) is 0.466. The number of pyridine rings is 1. The second-order valence-electron chi connectivity index (χ2n) is 10.1. The van der Waals surface area contributed by atoms with Gasteiger partial charge in [-0.1, -0.05) is 38.4 Å². The Morgan fingerprint density at radius 3 is 2.63 bits per heavy atom. The molecule has 1 amide bonds. The number of hydrogen-bond acceptors (Lipinski definition) is 5. The zero-order chi connectivity index (χ0) is 25.4. The van der Waals surface area contributed by atoms with Crippen molar-refractivity contribution in [3.05, 3.63) is 64.3 Å². The van der Waals surface area contributed by atoms with E-state index in [9.17, 15) is 13.2 Å². The highest BCUT2D eigenvalue weighted by Crippen LogP contribution is 2.37. The van der Waals surface area contributed by atoms with Crippen LogP contribution in [0.15, 0.2) is 48.0 Å². The van der Waals surface area contributed by atoms with Gasteiger partial charge in [-0.15, -0.1) is 11.3 Å². The minimum atomic E-state index is -3.32. The zero-order valence-corrected chi connectivity index (χ0v) is 22.7. The first kappa shape index (κ1) is 25.8. The van der Waals surface area contributed by atoms with Gasteiger partial charge in [0.1, 0.15) is 0 Å². The molecule has 0 bridgehead atoms. The number of benzene rings is 1. The summed E-state index contributed by atoms with van der Waals surface area (Å²) in [4.78, 5) is 20.4. The van der Waals surface area contributed by atoms with Gasteiger partial charge < -0.3 is 4.90 Å². The van der Waals surface area contributed by atoms with Gasteiger partial charge in [0.2, 0.25) is 10.0 Å². The van der Waals surface area contributed by atoms with Crippen molar-refractivity contribution in [3.63, 3.8) is 0 Å². The van der Waals surface area contributed by atoms with E-state index >= 15 is 0 Å². The van der Waals surface area contributed by atoms with Crippen molar-refractivity contribution >= 4 is 38.9 Å². The van der Waals surface area contributed by atoms with Crippen LogP contribution in [-0.4, -0.2) is 49.6 Å². The molecule has 1 atom stereocenters. The largest absolute Gasteiger partial charge is 0.337 e. The molecule has 3 heterocycles. The maximum Gasteiger partial charge on any atom is 0.253 e. The number of halogens is 1. The highest BCUT2D eigenvalue weighted by atomic mass is 35.5. The Morgan fingerprint density at radius 2 is 1.94 bits per heavy atom. The lowest BCUT2D eigenvalue weighted by Crippen LogP contribution is -2.49. The number of carbonyl (C=O) groups excluding carboxylic acids is 1. The Balaban J connectivity index is 1.52. The maximum absolute atomic E-state index is 13.1. The molecule has 6 nitrogen and oxygen atoms in total. The summed E-state index contributed by atoms with van der Waals surface area (Å²) >= 11 is 8.28. The van der Waals surface area contributed by atoms with Crippen LogP contribution in [0.3, 0.4) is 0 Å². The maximum atomic E-state index is 13.1. The third-order valence-corrected chi connectivity index (χ3v) is 8.08. The minimum absolute atomic E-state index is 0.0307. The molecule has 0 radical (unpaired) electrons. The fourth-order valence-electron chi connectivity index (χ4n) is 4.25. The van der Waals surface area contributed by atoms with Gasteiger partial charge in [0.15, 0.2) is 0 Å². The summed E-state index contributed by atoms with van der Waals surface area (Å²) in [7, 11) is -3.32. The molecule has 1 fully saturated rings. The molecule has 0 saturated carbocycles. The summed E-state index contributed by atoms with van der Waals surface area (Å²) < 4.78 is 25.8. The number of amides is 1. The van der Waals surface area contributed by atoms with Gasteiger partial charge in [0.05, 0.1) is 6.26 Å². The summed E-state index contributed by atoms with van der Waals surface area (Å²) in [6.45, 7) is 7.38. The van der Waals surface area contributed by atoms with E-state index in [1.807, 2.05) is 18.3 Å². The van der Waals surface area contributed by atoms with Crippen molar-refractivity contribution in [2.45, 2.75) is 45.1 Å². The second-order valence-corrected chi connectivity index (χ2v) is 13.2. The number of likely N-dealkylation sites (tertiary alicyclic amines) is 1. The molecule has 3 aromatic rings. The van der Waals surface area contributed by atoms with Crippen LogP contribution in [0.25, 0.3) is 21.6 Å². The van der Waals surface area contributed by atoms with Crippen molar-refractivity contribution in [1.29, 1.82) is 0 Å². The summed E-state index contributed by atoms with van der Waals surface area (Å²) in [5.74, 6) is -0.143. The Kier molecular flexibility index (Phi) is 7.38. The first-order valence-electron chi connectivity index (χ1n) is 11.5. The number of aromatic nitrogens is 1. The van der Waals surface area contributed by atoms with Crippen LogP contribution in [0.4, 0.5) is 0 Å². The molecule has 1 aliphatic rings. The number of piperidine rings is 1.